The van der Waals surface area contributed by atoms with Crippen LogP contribution < -0.4 is 5.11 Å². The van der Waals surface area contributed by atoms with E-state index in [9.17, 15) is 15.0 Å². The smallest absolute Gasteiger partial charge is 0.105 e. The maximum atomic E-state index is 10.4. The number of aliphatic carboxylic acids is 1. The minimum absolute atomic E-state index is 0.162. The lowest BCUT2D eigenvalue weighted by atomic mass is 10.0. The maximum Gasteiger partial charge on any atom is 0.105 e. The summed E-state index contributed by atoms with van der Waals surface area (Å²) in [6.45, 7) is 4.28. The summed E-state index contributed by atoms with van der Waals surface area (Å²) in [5.41, 5.74) is 0. The van der Waals surface area contributed by atoms with Gasteiger partial charge in [0.2, 0.25) is 0 Å². The van der Waals surface area contributed by atoms with Crippen molar-refractivity contribution in [3.05, 3.63) is 0 Å². The molecule has 0 spiro atoms. The molecule has 0 fully saturated rings. The monoisotopic (exact) mass is 427 g/mol. The van der Waals surface area contributed by atoms with Crippen molar-refractivity contribution in [2.75, 3.05) is 27.2 Å². The molecule has 1 atom stereocenters. The minimum Gasteiger partial charge on any atom is -0.550 e. The molecule has 0 bridgehead atoms. The minimum atomic E-state index is -0.922. The van der Waals surface area contributed by atoms with Gasteiger partial charge in [0.15, 0.2) is 0 Å². The van der Waals surface area contributed by atoms with E-state index in [4.69, 9.17) is 0 Å². The highest BCUT2D eigenvalue weighted by molar-refractivity contribution is 5.63. The van der Waals surface area contributed by atoms with Crippen LogP contribution in [0.3, 0.4) is 0 Å². The lowest BCUT2D eigenvalue weighted by molar-refractivity contribution is -0.893. The van der Waals surface area contributed by atoms with E-state index in [2.05, 4.69) is 21.0 Å². The molecule has 0 radical (unpaired) electrons. The second-order valence-corrected chi connectivity index (χ2v) is 10.1. The SMILES string of the molecule is CCCCCCCCCCCC(O)C[N+](C)(C)CCCCCCCCCCC(=O)[O-]. The van der Waals surface area contributed by atoms with Crippen molar-refractivity contribution in [3.63, 3.8) is 0 Å². The number of rotatable bonds is 23. The van der Waals surface area contributed by atoms with Crippen molar-refractivity contribution in [3.8, 4) is 0 Å². The normalized spacial score (nSPS) is 12.9. The summed E-state index contributed by atoms with van der Waals surface area (Å²) in [7, 11) is 4.49. The Morgan fingerprint density at radius 2 is 1.17 bits per heavy atom. The second kappa shape index (κ2) is 20.3. The van der Waals surface area contributed by atoms with Crippen LogP contribution >= 0.6 is 0 Å². The summed E-state index contributed by atoms with van der Waals surface area (Å²) < 4.78 is 0.918. The number of aliphatic hydroxyl groups is 1. The molecule has 0 aliphatic heterocycles. The highest BCUT2D eigenvalue weighted by Gasteiger charge is 2.19. The number of carboxylic acid groups (broad SMARTS) is 1. The van der Waals surface area contributed by atoms with Gasteiger partial charge in [-0.05, 0) is 32.1 Å². The van der Waals surface area contributed by atoms with Gasteiger partial charge < -0.3 is 19.5 Å². The van der Waals surface area contributed by atoms with E-state index in [0.717, 1.165) is 43.3 Å². The number of likely N-dealkylation sites (N-methyl/N-ethyl adjacent to an activating group) is 1. The molecule has 0 aromatic rings. The number of carbonyl (C=O) groups excluding carboxylic acids is 1. The first-order chi connectivity index (χ1) is 14.4. The molecule has 180 valence electrons. The summed E-state index contributed by atoms with van der Waals surface area (Å²) in [5.74, 6) is -0.922. The summed E-state index contributed by atoms with van der Waals surface area (Å²) in [6.07, 6.45) is 22.1. The highest BCUT2D eigenvalue weighted by Crippen LogP contribution is 2.14. The Morgan fingerprint density at radius 1 is 0.733 bits per heavy atom. The molecule has 0 aliphatic carbocycles. The molecule has 0 saturated carbocycles. The van der Waals surface area contributed by atoms with Gasteiger partial charge in [0, 0.05) is 5.97 Å². The Labute approximate surface area is 188 Å². The van der Waals surface area contributed by atoms with Gasteiger partial charge in [-0.25, -0.2) is 0 Å². The molecule has 0 amide bonds. The second-order valence-electron chi connectivity index (χ2n) is 10.1. The molecular weight excluding hydrogens is 374 g/mol. The van der Waals surface area contributed by atoms with Gasteiger partial charge in [0.25, 0.3) is 0 Å². The van der Waals surface area contributed by atoms with Crippen LogP contribution in [0.1, 0.15) is 129 Å². The molecule has 1 N–H and O–H groups in total. The molecule has 30 heavy (non-hydrogen) atoms. The predicted molar refractivity (Wildman–Crippen MR) is 126 cm³/mol. The van der Waals surface area contributed by atoms with Crippen LogP contribution in [0.25, 0.3) is 0 Å². The first kappa shape index (κ1) is 29.4. The van der Waals surface area contributed by atoms with Gasteiger partial charge in [-0.1, -0.05) is 96.8 Å². The number of hydrogen-bond donors (Lipinski definition) is 1. The Bertz CT molecular complexity index is 384. The largest absolute Gasteiger partial charge is 0.550 e. The first-order valence-corrected chi connectivity index (χ1v) is 13.1. The number of carboxylic acids is 1. The van der Waals surface area contributed by atoms with Gasteiger partial charge in [-0.2, -0.15) is 0 Å². The topological polar surface area (TPSA) is 60.4 Å². The Kier molecular flexibility index (Phi) is 19.9. The van der Waals surface area contributed by atoms with E-state index >= 15 is 0 Å². The predicted octanol–water partition coefficient (Wildman–Crippen LogP) is 5.61. The quantitative estimate of drug-likeness (QED) is 0.170. The van der Waals surface area contributed by atoms with Gasteiger partial charge in [0.05, 0.1) is 20.6 Å². The highest BCUT2D eigenvalue weighted by atomic mass is 16.4. The van der Waals surface area contributed by atoms with Crippen LogP contribution in [0, 0.1) is 0 Å². The van der Waals surface area contributed by atoms with Crippen LogP contribution in [-0.2, 0) is 4.79 Å². The average molecular weight is 428 g/mol. The number of quaternary nitrogens is 1. The third kappa shape index (κ3) is 22.1. The van der Waals surface area contributed by atoms with E-state index in [1.165, 1.54) is 89.9 Å². The number of nitrogens with zero attached hydrogens (tertiary/aromatic N) is 1. The number of carbonyl (C=O) groups is 1. The molecular formula is C26H53NO3. The summed E-state index contributed by atoms with van der Waals surface area (Å²) in [6, 6.07) is 0. The molecule has 0 saturated heterocycles. The van der Waals surface area contributed by atoms with E-state index < -0.39 is 5.97 Å². The third-order valence-electron chi connectivity index (χ3n) is 6.24. The van der Waals surface area contributed by atoms with Crippen LogP contribution in [0.2, 0.25) is 0 Å². The van der Waals surface area contributed by atoms with E-state index in [1.54, 1.807) is 0 Å². The van der Waals surface area contributed by atoms with Crippen LogP contribution in [0.15, 0.2) is 0 Å². The van der Waals surface area contributed by atoms with Gasteiger partial charge in [-0.3, -0.25) is 0 Å². The van der Waals surface area contributed by atoms with Crippen LogP contribution in [-0.4, -0.2) is 48.8 Å². The maximum absolute atomic E-state index is 10.4. The van der Waals surface area contributed by atoms with Crippen molar-refractivity contribution in [1.29, 1.82) is 0 Å². The average Bonchev–Trinajstić information content (AvgIpc) is 2.67. The molecule has 0 aliphatic rings. The molecule has 4 heteroatoms. The van der Waals surface area contributed by atoms with Gasteiger partial charge in [-0.15, -0.1) is 0 Å². The zero-order chi connectivity index (χ0) is 22.5. The van der Waals surface area contributed by atoms with E-state index in [-0.39, 0.29) is 12.5 Å². The Hall–Kier alpha value is -0.610. The fourth-order valence-corrected chi connectivity index (χ4v) is 4.31. The Balaban J connectivity index is 3.50. The molecule has 1 unspecified atom stereocenters. The third-order valence-corrected chi connectivity index (χ3v) is 6.24. The van der Waals surface area contributed by atoms with Crippen LogP contribution in [0.4, 0.5) is 0 Å². The standard InChI is InChI=1S/C26H53NO3/c1-4-5-6-7-8-9-12-15-18-21-25(28)24-27(2,3)23-20-17-14-11-10-13-16-19-22-26(29)30/h25,28H,4-24H2,1-3H3. The molecule has 0 aromatic heterocycles. The van der Waals surface area contributed by atoms with E-state index in [0.29, 0.717) is 0 Å². The zero-order valence-electron chi connectivity index (χ0n) is 20.6. The Morgan fingerprint density at radius 3 is 1.67 bits per heavy atom. The van der Waals surface area contributed by atoms with Crippen molar-refractivity contribution >= 4 is 5.97 Å². The number of aliphatic hydroxyl groups excluding tert-OH is 1. The van der Waals surface area contributed by atoms with Gasteiger partial charge in [0.1, 0.15) is 12.6 Å². The van der Waals surface area contributed by atoms with Crippen molar-refractivity contribution in [2.24, 2.45) is 0 Å². The lowest BCUT2D eigenvalue weighted by Crippen LogP contribution is -2.45. The summed E-state index contributed by atoms with van der Waals surface area (Å²) >= 11 is 0. The zero-order valence-corrected chi connectivity index (χ0v) is 20.6. The number of hydrogen-bond acceptors (Lipinski definition) is 3. The number of unbranched alkanes of at least 4 members (excludes halogenated alkanes) is 15. The van der Waals surface area contributed by atoms with Crippen molar-refractivity contribution < 1.29 is 19.5 Å². The van der Waals surface area contributed by atoms with E-state index in [1.807, 2.05) is 0 Å². The molecule has 0 heterocycles. The van der Waals surface area contributed by atoms with Crippen LogP contribution in [0.5, 0.6) is 0 Å². The lowest BCUT2D eigenvalue weighted by Gasteiger charge is -2.32. The fourth-order valence-electron chi connectivity index (χ4n) is 4.31. The molecule has 4 nitrogen and oxygen atoms in total. The fraction of sp³-hybridized carbons (Fsp3) is 0.962. The molecule has 0 aromatic carbocycles. The summed E-state index contributed by atoms with van der Waals surface area (Å²) in [4.78, 5) is 10.4. The first-order valence-electron chi connectivity index (χ1n) is 13.1. The van der Waals surface area contributed by atoms with Crippen molar-refractivity contribution in [2.45, 2.75) is 135 Å². The molecule has 0 rings (SSSR count). The van der Waals surface area contributed by atoms with Gasteiger partial charge >= 0.3 is 0 Å². The van der Waals surface area contributed by atoms with Crippen molar-refractivity contribution in [1.82, 2.24) is 0 Å². The summed E-state index contributed by atoms with van der Waals surface area (Å²) in [5, 5.41) is 20.8.